The molecule has 1 atom stereocenters. The van der Waals surface area contributed by atoms with Gasteiger partial charge in [-0.15, -0.1) is 0 Å². The van der Waals surface area contributed by atoms with Gasteiger partial charge in [0.15, 0.2) is 0 Å². The van der Waals surface area contributed by atoms with E-state index in [0.29, 0.717) is 17.3 Å². The second-order valence-corrected chi connectivity index (χ2v) is 7.07. The molecule has 2 aromatic heterocycles. The predicted molar refractivity (Wildman–Crippen MR) is 108 cm³/mol. The number of carbonyl (C=O) groups is 1. The highest BCUT2D eigenvalue weighted by molar-refractivity contribution is 5.94. The van der Waals surface area contributed by atoms with E-state index in [0.717, 1.165) is 36.5 Å². The van der Waals surface area contributed by atoms with Gasteiger partial charge in [-0.1, -0.05) is 24.3 Å². The lowest BCUT2D eigenvalue weighted by molar-refractivity contribution is 0.0733. The van der Waals surface area contributed by atoms with Gasteiger partial charge in [0.2, 0.25) is 5.95 Å². The number of nitrogens with zero attached hydrogens (tertiary/aromatic N) is 4. The van der Waals surface area contributed by atoms with Gasteiger partial charge in [0, 0.05) is 23.5 Å². The van der Waals surface area contributed by atoms with Gasteiger partial charge in [-0.3, -0.25) is 4.79 Å². The summed E-state index contributed by atoms with van der Waals surface area (Å²) in [6.45, 7) is 4.63. The summed E-state index contributed by atoms with van der Waals surface area (Å²) in [4.78, 5) is 28.4. The number of hydrogen-bond donors (Lipinski definition) is 1. The van der Waals surface area contributed by atoms with Crippen molar-refractivity contribution in [1.29, 1.82) is 0 Å². The van der Waals surface area contributed by atoms with Crippen molar-refractivity contribution in [3.8, 4) is 0 Å². The second kappa shape index (κ2) is 7.76. The highest BCUT2D eigenvalue weighted by atomic mass is 16.2. The van der Waals surface area contributed by atoms with Crippen LogP contribution in [-0.4, -0.2) is 32.3 Å². The molecule has 142 valence electrons. The number of hydrogen-bond acceptors (Lipinski definition) is 5. The van der Waals surface area contributed by atoms with Crippen LogP contribution < -0.4 is 5.32 Å². The van der Waals surface area contributed by atoms with Crippen molar-refractivity contribution in [3.63, 3.8) is 0 Å². The van der Waals surface area contributed by atoms with Crippen LogP contribution in [0.25, 0.3) is 0 Å². The van der Waals surface area contributed by atoms with Gasteiger partial charge in [0.05, 0.1) is 11.7 Å². The molecule has 1 unspecified atom stereocenters. The van der Waals surface area contributed by atoms with Gasteiger partial charge in [-0.25, -0.2) is 15.0 Å². The monoisotopic (exact) mass is 373 g/mol. The maximum absolute atomic E-state index is 12.9. The molecule has 0 spiro atoms. The summed E-state index contributed by atoms with van der Waals surface area (Å²) >= 11 is 0. The lowest BCUT2D eigenvalue weighted by Crippen LogP contribution is -2.31. The Hall–Kier alpha value is -3.28. The van der Waals surface area contributed by atoms with E-state index in [9.17, 15) is 4.79 Å². The van der Waals surface area contributed by atoms with E-state index >= 15 is 0 Å². The molecule has 0 bridgehead atoms. The predicted octanol–water partition coefficient (Wildman–Crippen LogP) is 4.21. The molecule has 0 radical (unpaired) electrons. The topological polar surface area (TPSA) is 71.0 Å². The average Bonchev–Trinajstić information content (AvgIpc) is 3.17. The molecule has 1 N–H and O–H groups in total. The minimum Gasteiger partial charge on any atom is -0.330 e. The first-order chi connectivity index (χ1) is 13.6. The number of amides is 1. The van der Waals surface area contributed by atoms with Gasteiger partial charge >= 0.3 is 0 Å². The number of benzene rings is 1. The van der Waals surface area contributed by atoms with Crippen molar-refractivity contribution in [2.45, 2.75) is 32.7 Å². The minimum atomic E-state index is -0.0189. The van der Waals surface area contributed by atoms with Crippen LogP contribution in [-0.2, 0) is 0 Å². The maximum atomic E-state index is 12.9. The van der Waals surface area contributed by atoms with Crippen LogP contribution in [0.4, 0.5) is 11.8 Å². The summed E-state index contributed by atoms with van der Waals surface area (Å²) in [5.74, 6) is 1.27. The largest absolute Gasteiger partial charge is 0.330 e. The molecule has 4 rings (SSSR count). The number of anilines is 2. The molecule has 1 fully saturated rings. The fourth-order valence-electron chi connectivity index (χ4n) is 3.67. The van der Waals surface area contributed by atoms with Crippen LogP contribution in [0, 0.1) is 13.8 Å². The van der Waals surface area contributed by atoms with Crippen molar-refractivity contribution < 1.29 is 4.79 Å². The first-order valence-electron chi connectivity index (χ1n) is 9.52. The third-order valence-corrected chi connectivity index (χ3v) is 4.87. The van der Waals surface area contributed by atoms with Gasteiger partial charge in [-0.2, -0.15) is 0 Å². The molecular weight excluding hydrogens is 350 g/mol. The smallest absolute Gasteiger partial charge is 0.254 e. The zero-order valence-electron chi connectivity index (χ0n) is 16.1. The zero-order valence-corrected chi connectivity index (χ0v) is 16.1. The van der Waals surface area contributed by atoms with Crippen molar-refractivity contribution >= 4 is 17.7 Å². The number of carbonyl (C=O) groups excluding carboxylic acids is 1. The number of likely N-dealkylation sites (tertiary alicyclic amines) is 1. The molecule has 1 saturated heterocycles. The third-order valence-electron chi connectivity index (χ3n) is 4.87. The number of aromatic nitrogens is 3. The molecule has 3 heterocycles. The zero-order chi connectivity index (χ0) is 19.5. The summed E-state index contributed by atoms with van der Waals surface area (Å²) in [5.41, 5.74) is 3.41. The lowest BCUT2D eigenvalue weighted by Gasteiger charge is -2.24. The molecule has 1 aliphatic rings. The Bertz CT molecular complexity index is 969. The molecule has 1 aliphatic heterocycles. The van der Waals surface area contributed by atoms with Gasteiger partial charge in [0.1, 0.15) is 5.82 Å². The Morgan fingerprint density at radius 2 is 1.75 bits per heavy atom. The minimum absolute atomic E-state index is 0.0189. The van der Waals surface area contributed by atoms with E-state index in [-0.39, 0.29) is 11.9 Å². The Balaban J connectivity index is 1.57. The standard InChI is InChI=1S/C22H23N5O/c1-15-14-16(2)24-22(23-15)26-20-12-6-10-18(25-20)19-11-7-13-27(19)21(28)17-8-4-3-5-9-17/h3-6,8-10,12,14,19H,7,11,13H2,1-2H3,(H,23,24,25,26). The van der Waals surface area contributed by atoms with Gasteiger partial charge < -0.3 is 10.2 Å². The Morgan fingerprint density at radius 3 is 2.50 bits per heavy atom. The van der Waals surface area contributed by atoms with Crippen LogP contribution >= 0.6 is 0 Å². The highest BCUT2D eigenvalue weighted by Crippen LogP contribution is 2.32. The van der Waals surface area contributed by atoms with Gasteiger partial charge in [0.25, 0.3) is 5.91 Å². The van der Waals surface area contributed by atoms with E-state index in [4.69, 9.17) is 4.98 Å². The Kier molecular flexibility index (Phi) is 5.02. The molecule has 1 aromatic carbocycles. The quantitative estimate of drug-likeness (QED) is 0.742. The van der Waals surface area contributed by atoms with Crippen molar-refractivity contribution in [2.75, 3.05) is 11.9 Å². The van der Waals surface area contributed by atoms with Crippen LogP contribution in [0.5, 0.6) is 0 Å². The number of rotatable bonds is 4. The van der Waals surface area contributed by atoms with E-state index < -0.39 is 0 Å². The number of nitrogens with one attached hydrogen (secondary N) is 1. The summed E-state index contributed by atoms with van der Waals surface area (Å²) in [7, 11) is 0. The Labute approximate surface area is 164 Å². The Morgan fingerprint density at radius 1 is 1.00 bits per heavy atom. The fourth-order valence-corrected chi connectivity index (χ4v) is 3.67. The van der Waals surface area contributed by atoms with Crippen molar-refractivity contribution in [2.24, 2.45) is 0 Å². The molecule has 6 nitrogen and oxygen atoms in total. The van der Waals surface area contributed by atoms with E-state index in [1.54, 1.807) is 0 Å². The summed E-state index contributed by atoms with van der Waals surface area (Å²) < 4.78 is 0. The average molecular weight is 373 g/mol. The molecule has 28 heavy (non-hydrogen) atoms. The van der Waals surface area contributed by atoms with Gasteiger partial charge in [-0.05, 0) is 57.0 Å². The first-order valence-corrected chi connectivity index (χ1v) is 9.52. The summed E-state index contributed by atoms with van der Waals surface area (Å²) in [6.07, 6.45) is 1.89. The second-order valence-electron chi connectivity index (χ2n) is 7.07. The summed E-state index contributed by atoms with van der Waals surface area (Å²) in [5, 5.41) is 3.19. The molecular formula is C22H23N5O. The van der Waals surface area contributed by atoms with Crippen LogP contribution in [0.2, 0.25) is 0 Å². The fraction of sp³-hybridized carbons (Fsp3) is 0.273. The third kappa shape index (κ3) is 3.86. The highest BCUT2D eigenvalue weighted by Gasteiger charge is 2.31. The molecule has 6 heteroatoms. The molecule has 1 amide bonds. The first kappa shape index (κ1) is 18.1. The van der Waals surface area contributed by atoms with Crippen LogP contribution in [0.15, 0.2) is 54.6 Å². The summed E-state index contributed by atoms with van der Waals surface area (Å²) in [6, 6.07) is 17.2. The molecule has 0 aliphatic carbocycles. The van der Waals surface area contributed by atoms with Crippen LogP contribution in [0.1, 0.15) is 46.3 Å². The molecule has 0 saturated carbocycles. The van der Waals surface area contributed by atoms with E-state index in [1.165, 1.54) is 0 Å². The van der Waals surface area contributed by atoms with Crippen LogP contribution in [0.3, 0.4) is 0 Å². The number of pyridine rings is 1. The lowest BCUT2D eigenvalue weighted by atomic mass is 10.1. The van der Waals surface area contributed by atoms with Crippen molar-refractivity contribution in [3.05, 3.63) is 77.2 Å². The maximum Gasteiger partial charge on any atom is 0.254 e. The SMILES string of the molecule is Cc1cc(C)nc(Nc2cccc(C3CCCN3C(=O)c3ccccc3)n2)n1. The number of aryl methyl sites for hydroxylation is 2. The van der Waals surface area contributed by atoms with E-state index in [2.05, 4.69) is 15.3 Å². The normalized spacial score (nSPS) is 16.2. The molecule has 3 aromatic rings. The van der Waals surface area contributed by atoms with Crippen molar-refractivity contribution in [1.82, 2.24) is 19.9 Å². The van der Waals surface area contributed by atoms with E-state index in [1.807, 2.05) is 73.3 Å².